The maximum Gasteiger partial charge on any atom is 0.167 e. The molecule has 128 valence electrons. The van der Waals surface area contributed by atoms with Crippen LogP contribution in [-0.4, -0.2) is 59.4 Å². The first-order valence-corrected chi connectivity index (χ1v) is 7.76. The van der Waals surface area contributed by atoms with Crippen LogP contribution in [0.2, 0.25) is 0 Å². The Morgan fingerprint density at radius 1 is 1.33 bits per heavy atom. The second-order valence-electron chi connectivity index (χ2n) is 5.80. The number of aromatic nitrogens is 4. The summed E-state index contributed by atoms with van der Waals surface area (Å²) in [7, 11) is 5.79. The van der Waals surface area contributed by atoms with Gasteiger partial charge >= 0.3 is 0 Å². The Morgan fingerprint density at radius 3 is 2.92 bits per heavy atom. The Balaban J connectivity index is 1.82. The molecule has 0 saturated heterocycles. The highest BCUT2D eigenvalue weighted by atomic mass is 19.1. The van der Waals surface area contributed by atoms with Gasteiger partial charge in [0.2, 0.25) is 0 Å². The summed E-state index contributed by atoms with van der Waals surface area (Å²) in [5.74, 6) is 0.412. The maximum absolute atomic E-state index is 14.2. The van der Waals surface area contributed by atoms with Crippen molar-refractivity contribution in [3.63, 3.8) is 0 Å². The Morgan fingerprint density at radius 2 is 2.17 bits per heavy atom. The second kappa shape index (κ2) is 6.88. The molecule has 3 rings (SSSR count). The molecule has 0 unspecified atom stereocenters. The molecule has 0 bridgehead atoms. The molecule has 0 saturated carbocycles. The van der Waals surface area contributed by atoms with E-state index in [0.717, 1.165) is 24.3 Å². The molecule has 0 radical (unpaired) electrons. The number of hydrogen-bond donors (Lipinski definition) is 3. The van der Waals surface area contributed by atoms with Crippen LogP contribution in [0, 0.1) is 5.82 Å². The Bertz CT molecular complexity index is 825. The molecule has 0 amide bonds. The Kier molecular flexibility index (Phi) is 4.66. The van der Waals surface area contributed by atoms with E-state index in [9.17, 15) is 4.39 Å². The summed E-state index contributed by atoms with van der Waals surface area (Å²) >= 11 is 0. The summed E-state index contributed by atoms with van der Waals surface area (Å²) in [5, 5.41) is 9.90. The zero-order chi connectivity index (χ0) is 17.1. The fourth-order valence-electron chi connectivity index (χ4n) is 2.46. The SMILES string of the molecule is CNc1cn[nH]c1-c1nc2cc(OCCCN(C)C)c(F)cc2[nH]1. The van der Waals surface area contributed by atoms with Gasteiger partial charge in [0.05, 0.1) is 29.5 Å². The number of halogens is 1. The number of H-pyrrole nitrogens is 2. The van der Waals surface area contributed by atoms with E-state index in [1.54, 1.807) is 19.3 Å². The van der Waals surface area contributed by atoms with Crippen LogP contribution in [0.1, 0.15) is 6.42 Å². The monoisotopic (exact) mass is 332 g/mol. The van der Waals surface area contributed by atoms with Crippen LogP contribution in [-0.2, 0) is 0 Å². The van der Waals surface area contributed by atoms with Gasteiger partial charge in [0.25, 0.3) is 0 Å². The molecular formula is C16H21FN6O. The average Bonchev–Trinajstić information content (AvgIpc) is 3.16. The zero-order valence-electron chi connectivity index (χ0n) is 14.0. The predicted molar refractivity (Wildman–Crippen MR) is 91.8 cm³/mol. The molecule has 0 aliphatic carbocycles. The third-order valence-corrected chi connectivity index (χ3v) is 3.69. The fourth-order valence-corrected chi connectivity index (χ4v) is 2.46. The lowest BCUT2D eigenvalue weighted by Gasteiger charge is -2.10. The molecule has 0 spiro atoms. The highest BCUT2D eigenvalue weighted by molar-refractivity contribution is 5.82. The number of benzene rings is 1. The van der Waals surface area contributed by atoms with Gasteiger partial charge in [-0.25, -0.2) is 9.37 Å². The molecule has 0 fully saturated rings. The van der Waals surface area contributed by atoms with Crippen LogP contribution in [0.5, 0.6) is 5.75 Å². The van der Waals surface area contributed by atoms with E-state index in [-0.39, 0.29) is 5.75 Å². The normalized spacial score (nSPS) is 11.4. The van der Waals surface area contributed by atoms with Crippen LogP contribution >= 0.6 is 0 Å². The van der Waals surface area contributed by atoms with Gasteiger partial charge in [0, 0.05) is 25.7 Å². The predicted octanol–water partition coefficient (Wildman–Crippen LogP) is 2.46. The summed E-state index contributed by atoms with van der Waals surface area (Å²) in [6.45, 7) is 1.35. The van der Waals surface area contributed by atoms with Gasteiger partial charge in [0.1, 0.15) is 5.69 Å². The molecule has 3 aromatic rings. The molecule has 7 nitrogen and oxygen atoms in total. The number of hydrogen-bond acceptors (Lipinski definition) is 5. The topological polar surface area (TPSA) is 81.9 Å². The van der Waals surface area contributed by atoms with Crippen LogP contribution in [0.15, 0.2) is 18.3 Å². The molecule has 24 heavy (non-hydrogen) atoms. The molecule has 2 aromatic heterocycles. The molecule has 8 heteroatoms. The third kappa shape index (κ3) is 3.33. The molecular weight excluding hydrogens is 311 g/mol. The molecule has 0 atom stereocenters. The van der Waals surface area contributed by atoms with E-state index >= 15 is 0 Å². The molecule has 2 heterocycles. The van der Waals surface area contributed by atoms with Gasteiger partial charge in [-0.1, -0.05) is 0 Å². The molecule has 0 aliphatic heterocycles. The lowest BCUT2D eigenvalue weighted by molar-refractivity contribution is 0.271. The number of aromatic amines is 2. The number of nitrogens with zero attached hydrogens (tertiary/aromatic N) is 3. The zero-order valence-corrected chi connectivity index (χ0v) is 14.0. The van der Waals surface area contributed by atoms with E-state index in [1.165, 1.54) is 6.07 Å². The molecule has 3 N–H and O–H groups in total. The first kappa shape index (κ1) is 16.3. The highest BCUT2D eigenvalue weighted by Gasteiger charge is 2.14. The first-order chi connectivity index (χ1) is 11.6. The van der Waals surface area contributed by atoms with Crippen LogP contribution in [0.25, 0.3) is 22.6 Å². The minimum atomic E-state index is -0.402. The van der Waals surface area contributed by atoms with E-state index < -0.39 is 5.82 Å². The van der Waals surface area contributed by atoms with Crippen molar-refractivity contribution in [2.75, 3.05) is 39.6 Å². The minimum Gasteiger partial charge on any atom is -0.490 e. The van der Waals surface area contributed by atoms with Crippen LogP contribution in [0.4, 0.5) is 10.1 Å². The standard InChI is InChI=1S/C16H21FN6O/c1-18-13-9-19-22-15(13)16-20-11-7-10(17)14(8-12(11)21-16)24-6-4-5-23(2)3/h7-9,18H,4-6H2,1-3H3,(H,19,22)(H,20,21). The van der Waals surface area contributed by atoms with Gasteiger partial charge in [0.15, 0.2) is 17.4 Å². The lowest BCUT2D eigenvalue weighted by atomic mass is 10.3. The van der Waals surface area contributed by atoms with Gasteiger partial charge in [-0.2, -0.15) is 5.10 Å². The highest BCUT2D eigenvalue weighted by Crippen LogP contribution is 2.28. The number of rotatable bonds is 7. The Hall–Kier alpha value is -2.61. The summed E-state index contributed by atoms with van der Waals surface area (Å²) < 4.78 is 19.7. The summed E-state index contributed by atoms with van der Waals surface area (Å²) in [4.78, 5) is 9.66. The van der Waals surface area contributed by atoms with Crippen molar-refractivity contribution in [3.8, 4) is 17.3 Å². The minimum absolute atomic E-state index is 0.220. The second-order valence-corrected chi connectivity index (χ2v) is 5.80. The summed E-state index contributed by atoms with van der Waals surface area (Å²) in [6, 6.07) is 3.03. The average molecular weight is 332 g/mol. The van der Waals surface area contributed by atoms with Crippen molar-refractivity contribution in [2.24, 2.45) is 0 Å². The smallest absolute Gasteiger partial charge is 0.167 e. The summed E-state index contributed by atoms with van der Waals surface area (Å²) in [6.07, 6.45) is 2.50. The van der Waals surface area contributed by atoms with Gasteiger partial charge in [-0.05, 0) is 20.5 Å². The fraction of sp³-hybridized carbons (Fsp3) is 0.375. The number of fused-ring (bicyclic) bond motifs is 1. The van der Waals surface area contributed by atoms with Crippen molar-refractivity contribution in [1.82, 2.24) is 25.1 Å². The molecule has 1 aromatic carbocycles. The van der Waals surface area contributed by atoms with Crippen molar-refractivity contribution < 1.29 is 9.13 Å². The number of imidazole rings is 1. The van der Waals surface area contributed by atoms with E-state index in [0.29, 0.717) is 23.5 Å². The van der Waals surface area contributed by atoms with Gasteiger partial charge in [-0.3, -0.25) is 5.10 Å². The van der Waals surface area contributed by atoms with Crippen molar-refractivity contribution in [3.05, 3.63) is 24.1 Å². The first-order valence-electron chi connectivity index (χ1n) is 7.76. The maximum atomic E-state index is 14.2. The largest absolute Gasteiger partial charge is 0.490 e. The number of ether oxygens (including phenoxy) is 1. The third-order valence-electron chi connectivity index (χ3n) is 3.69. The van der Waals surface area contributed by atoms with E-state index in [4.69, 9.17) is 4.74 Å². The number of anilines is 1. The summed E-state index contributed by atoms with van der Waals surface area (Å²) in [5.41, 5.74) is 2.79. The number of nitrogens with one attached hydrogen (secondary N) is 3. The van der Waals surface area contributed by atoms with Crippen molar-refractivity contribution in [2.45, 2.75) is 6.42 Å². The van der Waals surface area contributed by atoms with E-state index in [2.05, 4.69) is 30.4 Å². The Labute approximate surface area is 139 Å². The van der Waals surface area contributed by atoms with Gasteiger partial charge < -0.3 is 19.9 Å². The lowest BCUT2D eigenvalue weighted by Crippen LogP contribution is -2.15. The van der Waals surface area contributed by atoms with Crippen LogP contribution < -0.4 is 10.1 Å². The van der Waals surface area contributed by atoms with E-state index in [1.807, 2.05) is 14.1 Å². The van der Waals surface area contributed by atoms with Crippen LogP contribution in [0.3, 0.4) is 0 Å². The van der Waals surface area contributed by atoms with Crippen molar-refractivity contribution in [1.29, 1.82) is 0 Å². The van der Waals surface area contributed by atoms with Gasteiger partial charge in [-0.15, -0.1) is 0 Å². The van der Waals surface area contributed by atoms with Crippen molar-refractivity contribution >= 4 is 16.7 Å². The molecule has 0 aliphatic rings. The quantitative estimate of drug-likeness (QED) is 0.579.